The van der Waals surface area contributed by atoms with Crippen LogP contribution in [0, 0.1) is 12.3 Å². The van der Waals surface area contributed by atoms with Gasteiger partial charge in [-0.1, -0.05) is 29.2 Å². The van der Waals surface area contributed by atoms with E-state index in [1.165, 1.54) is 11.1 Å². The predicted molar refractivity (Wildman–Crippen MR) is 75.9 cm³/mol. The Labute approximate surface area is 107 Å². The summed E-state index contributed by atoms with van der Waals surface area (Å²) in [6.45, 7) is 8.41. The van der Waals surface area contributed by atoms with Crippen LogP contribution in [0.25, 0.3) is 0 Å². The maximum Gasteiger partial charge on any atom is 0.125 e. The normalized spacial score (nSPS) is 14.9. The Kier molecular flexibility index (Phi) is 7.66. The highest BCUT2D eigenvalue weighted by molar-refractivity contribution is 5.08. The van der Waals surface area contributed by atoms with Gasteiger partial charge in [-0.05, 0) is 53.4 Å². The standard InChI is InChI=1S/C16H26O/c1-7-16(5,17-6)13-9-12-15(4)11-8-10-14(2)3/h1,10,12H,8-9,11,13H2,2-6H3/b15-12+. The summed E-state index contributed by atoms with van der Waals surface area (Å²) in [7, 11) is 1.67. The Morgan fingerprint density at radius 3 is 2.35 bits per heavy atom. The number of rotatable bonds is 7. The molecule has 0 aromatic rings. The van der Waals surface area contributed by atoms with Crippen LogP contribution >= 0.6 is 0 Å². The van der Waals surface area contributed by atoms with E-state index in [9.17, 15) is 0 Å². The van der Waals surface area contributed by atoms with E-state index in [4.69, 9.17) is 11.2 Å². The van der Waals surface area contributed by atoms with Crippen LogP contribution in [0.5, 0.6) is 0 Å². The van der Waals surface area contributed by atoms with Gasteiger partial charge in [-0.3, -0.25) is 0 Å². The van der Waals surface area contributed by atoms with Crippen LogP contribution < -0.4 is 0 Å². The molecule has 17 heavy (non-hydrogen) atoms. The Morgan fingerprint density at radius 1 is 1.24 bits per heavy atom. The summed E-state index contributed by atoms with van der Waals surface area (Å²) in [6.07, 6.45) is 14.1. The van der Waals surface area contributed by atoms with Crippen molar-refractivity contribution in [3.05, 3.63) is 23.3 Å². The molecular weight excluding hydrogens is 208 g/mol. The lowest BCUT2D eigenvalue weighted by atomic mass is 9.99. The molecule has 1 unspecified atom stereocenters. The van der Waals surface area contributed by atoms with Crippen molar-refractivity contribution in [1.29, 1.82) is 0 Å². The minimum absolute atomic E-state index is 0.420. The minimum Gasteiger partial charge on any atom is -0.366 e. The molecule has 0 aliphatic heterocycles. The largest absolute Gasteiger partial charge is 0.366 e. The molecule has 0 amide bonds. The van der Waals surface area contributed by atoms with Gasteiger partial charge < -0.3 is 4.74 Å². The second-order valence-corrected chi connectivity index (χ2v) is 4.99. The minimum atomic E-state index is -0.420. The maximum atomic E-state index is 5.44. The maximum absolute atomic E-state index is 5.44. The molecule has 0 fully saturated rings. The highest BCUT2D eigenvalue weighted by Crippen LogP contribution is 2.17. The topological polar surface area (TPSA) is 9.23 Å². The highest BCUT2D eigenvalue weighted by atomic mass is 16.5. The molecule has 1 atom stereocenters. The number of allylic oxidation sites excluding steroid dienone is 4. The number of methoxy groups -OCH3 is 1. The average molecular weight is 234 g/mol. The molecule has 1 heteroatoms. The van der Waals surface area contributed by atoms with E-state index in [1.54, 1.807) is 7.11 Å². The molecule has 0 aliphatic carbocycles. The van der Waals surface area contributed by atoms with Crippen molar-refractivity contribution >= 4 is 0 Å². The third-order valence-corrected chi connectivity index (χ3v) is 2.96. The van der Waals surface area contributed by atoms with Crippen LogP contribution in [0.2, 0.25) is 0 Å². The molecule has 0 rings (SSSR count). The second-order valence-electron chi connectivity index (χ2n) is 4.99. The lowest BCUT2D eigenvalue weighted by Crippen LogP contribution is -2.24. The van der Waals surface area contributed by atoms with E-state index >= 15 is 0 Å². The number of terminal acetylenes is 1. The summed E-state index contributed by atoms with van der Waals surface area (Å²) in [5, 5.41) is 0. The molecule has 0 aromatic heterocycles. The molecule has 1 nitrogen and oxygen atoms in total. The van der Waals surface area contributed by atoms with Gasteiger partial charge in [0.25, 0.3) is 0 Å². The van der Waals surface area contributed by atoms with E-state index in [2.05, 4.69) is 38.8 Å². The number of ether oxygens (including phenoxy) is 1. The summed E-state index contributed by atoms with van der Waals surface area (Å²) >= 11 is 0. The summed E-state index contributed by atoms with van der Waals surface area (Å²) < 4.78 is 5.31. The lowest BCUT2D eigenvalue weighted by molar-refractivity contribution is 0.0509. The van der Waals surface area contributed by atoms with Crippen molar-refractivity contribution in [1.82, 2.24) is 0 Å². The second kappa shape index (κ2) is 8.14. The van der Waals surface area contributed by atoms with Crippen molar-refractivity contribution in [3.63, 3.8) is 0 Å². The zero-order valence-electron chi connectivity index (χ0n) is 12.0. The smallest absolute Gasteiger partial charge is 0.125 e. The Balaban J connectivity index is 4.01. The number of hydrogen-bond donors (Lipinski definition) is 0. The zero-order valence-corrected chi connectivity index (χ0v) is 12.0. The van der Waals surface area contributed by atoms with Crippen LogP contribution in [0.1, 0.15) is 53.4 Å². The van der Waals surface area contributed by atoms with Crippen molar-refractivity contribution in [2.24, 2.45) is 0 Å². The third-order valence-electron chi connectivity index (χ3n) is 2.96. The van der Waals surface area contributed by atoms with Crippen LogP contribution in [0.4, 0.5) is 0 Å². The van der Waals surface area contributed by atoms with Gasteiger partial charge in [0.15, 0.2) is 0 Å². The average Bonchev–Trinajstić information content (AvgIpc) is 2.28. The van der Waals surface area contributed by atoms with Gasteiger partial charge in [0.05, 0.1) is 0 Å². The molecule has 0 aliphatic rings. The summed E-state index contributed by atoms with van der Waals surface area (Å²) in [5.74, 6) is 2.70. The van der Waals surface area contributed by atoms with Gasteiger partial charge in [-0.25, -0.2) is 0 Å². The SMILES string of the molecule is C#CC(C)(CC/C=C(\C)CCC=C(C)C)OC. The monoisotopic (exact) mass is 234 g/mol. The number of hydrogen-bond acceptors (Lipinski definition) is 1. The molecule has 0 N–H and O–H groups in total. The highest BCUT2D eigenvalue weighted by Gasteiger charge is 2.18. The molecule has 0 aromatic carbocycles. The Morgan fingerprint density at radius 2 is 1.88 bits per heavy atom. The van der Waals surface area contributed by atoms with Crippen molar-refractivity contribution < 1.29 is 4.74 Å². The predicted octanol–water partition coefficient (Wildman–Crippen LogP) is 4.50. The van der Waals surface area contributed by atoms with Crippen molar-refractivity contribution in [2.45, 2.75) is 59.0 Å². The van der Waals surface area contributed by atoms with Crippen LogP contribution in [0.3, 0.4) is 0 Å². The fraction of sp³-hybridized carbons (Fsp3) is 0.625. The summed E-state index contributed by atoms with van der Waals surface area (Å²) in [5.41, 5.74) is 2.39. The van der Waals surface area contributed by atoms with Crippen LogP contribution in [-0.4, -0.2) is 12.7 Å². The fourth-order valence-corrected chi connectivity index (χ4v) is 1.52. The molecule has 0 bridgehead atoms. The van der Waals surface area contributed by atoms with Crippen molar-refractivity contribution in [3.8, 4) is 12.3 Å². The van der Waals surface area contributed by atoms with Crippen molar-refractivity contribution in [2.75, 3.05) is 7.11 Å². The molecule has 0 radical (unpaired) electrons. The van der Waals surface area contributed by atoms with Crippen LogP contribution in [0.15, 0.2) is 23.3 Å². The van der Waals surface area contributed by atoms with Gasteiger partial charge in [-0.15, -0.1) is 6.42 Å². The first-order valence-electron chi connectivity index (χ1n) is 6.25. The van der Waals surface area contributed by atoms with E-state index in [0.29, 0.717) is 0 Å². The van der Waals surface area contributed by atoms with Gasteiger partial charge in [-0.2, -0.15) is 0 Å². The van der Waals surface area contributed by atoms with E-state index in [0.717, 1.165) is 25.7 Å². The molecule has 0 saturated carbocycles. The Bertz CT molecular complexity index is 313. The molecular formula is C16H26O. The van der Waals surface area contributed by atoms with Crippen LogP contribution in [-0.2, 0) is 4.74 Å². The summed E-state index contributed by atoms with van der Waals surface area (Å²) in [4.78, 5) is 0. The van der Waals surface area contributed by atoms with E-state index in [1.807, 2.05) is 6.92 Å². The first kappa shape index (κ1) is 16.0. The van der Waals surface area contributed by atoms with Gasteiger partial charge >= 0.3 is 0 Å². The Hall–Kier alpha value is -1.00. The molecule has 0 spiro atoms. The molecule has 96 valence electrons. The third kappa shape index (κ3) is 7.82. The van der Waals surface area contributed by atoms with E-state index < -0.39 is 5.60 Å². The molecule has 0 heterocycles. The zero-order chi connectivity index (χ0) is 13.3. The fourth-order valence-electron chi connectivity index (χ4n) is 1.52. The van der Waals surface area contributed by atoms with E-state index in [-0.39, 0.29) is 0 Å². The molecule has 0 saturated heterocycles. The van der Waals surface area contributed by atoms with Gasteiger partial charge in [0.2, 0.25) is 0 Å². The van der Waals surface area contributed by atoms with Gasteiger partial charge in [0.1, 0.15) is 5.60 Å². The quantitative estimate of drug-likeness (QED) is 0.465. The summed E-state index contributed by atoms with van der Waals surface area (Å²) in [6, 6.07) is 0. The first-order valence-corrected chi connectivity index (χ1v) is 6.25. The lowest BCUT2D eigenvalue weighted by Gasteiger charge is -2.20. The van der Waals surface area contributed by atoms with Gasteiger partial charge in [0, 0.05) is 7.11 Å². The first-order chi connectivity index (χ1) is 7.93.